The number of nitrogen functional groups attached to an aromatic ring is 1. The molecule has 3 aromatic rings. The fourth-order valence-electron chi connectivity index (χ4n) is 1.87. The zero-order valence-corrected chi connectivity index (χ0v) is 10.7. The van der Waals surface area contributed by atoms with Gasteiger partial charge in [-0.3, -0.25) is 4.98 Å². The van der Waals surface area contributed by atoms with E-state index in [0.29, 0.717) is 10.7 Å². The van der Waals surface area contributed by atoms with Gasteiger partial charge in [-0.05, 0) is 30.3 Å². The van der Waals surface area contributed by atoms with E-state index in [9.17, 15) is 0 Å². The van der Waals surface area contributed by atoms with E-state index in [4.69, 9.17) is 17.3 Å². The van der Waals surface area contributed by atoms with Gasteiger partial charge in [-0.2, -0.15) is 5.10 Å². The predicted octanol–water partition coefficient (Wildman–Crippen LogP) is 3.17. The number of benzene rings is 1. The Morgan fingerprint density at radius 1 is 1.11 bits per heavy atom. The van der Waals surface area contributed by atoms with Crippen LogP contribution in [0.1, 0.15) is 0 Å². The van der Waals surface area contributed by atoms with Gasteiger partial charge in [0, 0.05) is 23.0 Å². The van der Waals surface area contributed by atoms with Gasteiger partial charge in [0.25, 0.3) is 0 Å². The average molecular weight is 271 g/mol. The lowest BCUT2D eigenvalue weighted by Crippen LogP contribution is -1.94. The maximum absolute atomic E-state index is 6.01. The Morgan fingerprint density at radius 3 is 2.63 bits per heavy atom. The number of nitrogens with zero attached hydrogens (tertiary/aromatic N) is 3. The maximum atomic E-state index is 6.01. The van der Waals surface area contributed by atoms with Crippen LogP contribution in [0.25, 0.3) is 16.9 Å². The molecule has 0 radical (unpaired) electrons. The summed E-state index contributed by atoms with van der Waals surface area (Å²) in [5.74, 6) is 0. The standard InChI is InChI=1S/C14H11ClN4/c15-11-2-1-3-12(8-11)19-9-13(16)14(18-19)10-4-6-17-7-5-10/h1-9H,16H2. The van der Waals surface area contributed by atoms with Gasteiger partial charge in [-0.25, -0.2) is 4.68 Å². The monoisotopic (exact) mass is 270 g/mol. The zero-order chi connectivity index (χ0) is 13.2. The quantitative estimate of drug-likeness (QED) is 0.778. The third-order valence-electron chi connectivity index (χ3n) is 2.77. The van der Waals surface area contributed by atoms with E-state index in [2.05, 4.69) is 10.1 Å². The molecule has 0 amide bonds. The molecular formula is C14H11ClN4. The van der Waals surface area contributed by atoms with Crippen LogP contribution in [0.4, 0.5) is 5.69 Å². The smallest absolute Gasteiger partial charge is 0.116 e. The lowest BCUT2D eigenvalue weighted by atomic mass is 10.2. The van der Waals surface area contributed by atoms with Crippen LogP contribution in [-0.2, 0) is 0 Å². The van der Waals surface area contributed by atoms with Crippen molar-refractivity contribution < 1.29 is 0 Å². The number of pyridine rings is 1. The van der Waals surface area contributed by atoms with Crippen LogP contribution >= 0.6 is 11.6 Å². The van der Waals surface area contributed by atoms with Crippen LogP contribution in [0, 0.1) is 0 Å². The molecule has 0 saturated heterocycles. The molecule has 0 fully saturated rings. The molecule has 0 aliphatic carbocycles. The number of aromatic nitrogens is 3. The van der Waals surface area contributed by atoms with Crippen LogP contribution in [-0.4, -0.2) is 14.8 Å². The minimum absolute atomic E-state index is 0.617. The van der Waals surface area contributed by atoms with Crippen LogP contribution < -0.4 is 5.73 Å². The van der Waals surface area contributed by atoms with Crippen LogP contribution in [0.15, 0.2) is 55.0 Å². The molecule has 94 valence electrons. The number of hydrogen-bond acceptors (Lipinski definition) is 3. The first-order valence-electron chi connectivity index (χ1n) is 5.75. The van der Waals surface area contributed by atoms with Crippen molar-refractivity contribution in [1.82, 2.24) is 14.8 Å². The van der Waals surface area contributed by atoms with Crippen molar-refractivity contribution >= 4 is 17.3 Å². The lowest BCUT2D eigenvalue weighted by molar-refractivity contribution is 0.884. The van der Waals surface area contributed by atoms with E-state index in [-0.39, 0.29) is 0 Å². The number of hydrogen-bond donors (Lipinski definition) is 1. The van der Waals surface area contributed by atoms with Crippen molar-refractivity contribution in [3.63, 3.8) is 0 Å². The van der Waals surface area contributed by atoms with Crippen molar-refractivity contribution in [2.75, 3.05) is 5.73 Å². The first kappa shape index (κ1) is 11.7. The van der Waals surface area contributed by atoms with Gasteiger partial charge in [0.1, 0.15) is 5.69 Å². The highest BCUT2D eigenvalue weighted by atomic mass is 35.5. The summed E-state index contributed by atoms with van der Waals surface area (Å²) >= 11 is 5.98. The topological polar surface area (TPSA) is 56.7 Å². The Balaban J connectivity index is 2.07. The Bertz CT molecular complexity index is 706. The second-order valence-corrected chi connectivity index (χ2v) is 4.53. The van der Waals surface area contributed by atoms with Gasteiger partial charge >= 0.3 is 0 Å². The number of anilines is 1. The molecule has 4 nitrogen and oxygen atoms in total. The van der Waals surface area contributed by atoms with E-state index in [1.54, 1.807) is 23.3 Å². The van der Waals surface area contributed by atoms with Gasteiger partial charge in [-0.1, -0.05) is 17.7 Å². The number of nitrogens with two attached hydrogens (primary N) is 1. The fraction of sp³-hybridized carbons (Fsp3) is 0. The summed E-state index contributed by atoms with van der Waals surface area (Å²) < 4.78 is 1.72. The molecule has 0 unspecified atom stereocenters. The Morgan fingerprint density at radius 2 is 1.89 bits per heavy atom. The second kappa shape index (κ2) is 4.74. The van der Waals surface area contributed by atoms with Crippen molar-refractivity contribution in [1.29, 1.82) is 0 Å². The molecule has 2 N–H and O–H groups in total. The Hall–Kier alpha value is -2.33. The maximum Gasteiger partial charge on any atom is 0.116 e. The molecule has 19 heavy (non-hydrogen) atoms. The second-order valence-electron chi connectivity index (χ2n) is 4.09. The summed E-state index contributed by atoms with van der Waals surface area (Å²) in [7, 11) is 0. The van der Waals surface area contributed by atoms with Gasteiger partial charge in [0.2, 0.25) is 0 Å². The molecule has 0 atom stereocenters. The normalized spacial score (nSPS) is 10.6. The van der Waals surface area contributed by atoms with Crippen molar-refractivity contribution in [2.24, 2.45) is 0 Å². The highest BCUT2D eigenvalue weighted by Crippen LogP contribution is 2.25. The van der Waals surface area contributed by atoms with Gasteiger partial charge in [0.05, 0.1) is 17.6 Å². The highest BCUT2D eigenvalue weighted by molar-refractivity contribution is 6.30. The summed E-state index contributed by atoms with van der Waals surface area (Å²) in [6.07, 6.45) is 5.21. The molecule has 0 bridgehead atoms. The molecule has 1 aromatic carbocycles. The van der Waals surface area contributed by atoms with Crippen molar-refractivity contribution in [3.05, 3.63) is 60.0 Å². The first-order chi connectivity index (χ1) is 9.24. The summed E-state index contributed by atoms with van der Waals surface area (Å²) in [5.41, 5.74) is 9.18. The third-order valence-corrected chi connectivity index (χ3v) is 3.00. The molecule has 0 aliphatic rings. The molecule has 3 rings (SSSR count). The van der Waals surface area contributed by atoms with Gasteiger partial charge in [-0.15, -0.1) is 0 Å². The largest absolute Gasteiger partial charge is 0.396 e. The predicted molar refractivity (Wildman–Crippen MR) is 76.2 cm³/mol. The summed E-state index contributed by atoms with van der Waals surface area (Å²) in [5, 5.41) is 5.16. The zero-order valence-electron chi connectivity index (χ0n) is 9.99. The van der Waals surface area contributed by atoms with E-state index in [0.717, 1.165) is 16.9 Å². The summed E-state index contributed by atoms with van der Waals surface area (Å²) in [6, 6.07) is 11.2. The van der Waals surface area contributed by atoms with E-state index >= 15 is 0 Å². The summed E-state index contributed by atoms with van der Waals surface area (Å²) in [6.45, 7) is 0. The minimum atomic E-state index is 0.617. The molecule has 0 aliphatic heterocycles. The van der Waals surface area contributed by atoms with E-state index in [1.807, 2.05) is 36.4 Å². The van der Waals surface area contributed by atoms with E-state index in [1.165, 1.54) is 0 Å². The third kappa shape index (κ3) is 2.30. The minimum Gasteiger partial charge on any atom is -0.396 e. The van der Waals surface area contributed by atoms with Crippen LogP contribution in [0.3, 0.4) is 0 Å². The lowest BCUT2D eigenvalue weighted by Gasteiger charge is -2.01. The number of halogens is 1. The van der Waals surface area contributed by atoms with Crippen molar-refractivity contribution in [2.45, 2.75) is 0 Å². The van der Waals surface area contributed by atoms with Crippen LogP contribution in [0.5, 0.6) is 0 Å². The van der Waals surface area contributed by atoms with Crippen molar-refractivity contribution in [3.8, 4) is 16.9 Å². The molecule has 2 heterocycles. The summed E-state index contributed by atoms with van der Waals surface area (Å²) in [4.78, 5) is 3.98. The van der Waals surface area contributed by atoms with E-state index < -0.39 is 0 Å². The molecule has 2 aromatic heterocycles. The Labute approximate surface area is 115 Å². The van der Waals surface area contributed by atoms with Gasteiger partial charge in [0.15, 0.2) is 0 Å². The first-order valence-corrected chi connectivity index (χ1v) is 6.13. The average Bonchev–Trinajstić information content (AvgIpc) is 2.82. The number of rotatable bonds is 2. The Kier molecular flexibility index (Phi) is 2.93. The molecular weight excluding hydrogens is 260 g/mol. The molecule has 0 spiro atoms. The van der Waals surface area contributed by atoms with Crippen LogP contribution in [0.2, 0.25) is 5.02 Å². The SMILES string of the molecule is Nc1cn(-c2cccc(Cl)c2)nc1-c1ccncc1. The fourth-order valence-corrected chi connectivity index (χ4v) is 2.06. The highest BCUT2D eigenvalue weighted by Gasteiger charge is 2.09. The van der Waals surface area contributed by atoms with Gasteiger partial charge < -0.3 is 5.73 Å². The molecule has 5 heteroatoms. The molecule has 0 saturated carbocycles.